The van der Waals surface area contributed by atoms with Crippen molar-refractivity contribution in [1.82, 2.24) is 10.4 Å². The molecular formula is C15H21N3OS. The van der Waals surface area contributed by atoms with E-state index in [0.717, 1.165) is 22.7 Å². The molecule has 1 aromatic heterocycles. The summed E-state index contributed by atoms with van der Waals surface area (Å²) in [4.78, 5) is 4.50. The second kappa shape index (κ2) is 7.50. The predicted octanol–water partition coefficient (Wildman–Crippen LogP) is 2.60. The number of benzene rings is 1. The lowest BCUT2D eigenvalue weighted by Gasteiger charge is -2.26. The lowest BCUT2D eigenvalue weighted by Crippen LogP contribution is -2.42. The number of hydrazine groups is 1. The monoisotopic (exact) mass is 291 g/mol. The maximum Gasteiger partial charge on any atom is 0.0994 e. The third kappa shape index (κ3) is 3.86. The van der Waals surface area contributed by atoms with Crippen LogP contribution in [0.4, 0.5) is 0 Å². The van der Waals surface area contributed by atoms with Crippen molar-refractivity contribution in [3.63, 3.8) is 0 Å². The fourth-order valence-corrected chi connectivity index (χ4v) is 2.87. The number of thiazole rings is 1. The van der Waals surface area contributed by atoms with Crippen molar-refractivity contribution in [3.8, 4) is 0 Å². The number of ether oxygens (including phenoxy) is 1. The van der Waals surface area contributed by atoms with Crippen molar-refractivity contribution in [2.24, 2.45) is 5.84 Å². The van der Waals surface area contributed by atoms with Crippen molar-refractivity contribution >= 4 is 11.3 Å². The number of hydrogen-bond donors (Lipinski definition) is 2. The van der Waals surface area contributed by atoms with Gasteiger partial charge < -0.3 is 4.74 Å². The van der Waals surface area contributed by atoms with Crippen LogP contribution in [0, 0.1) is 6.92 Å². The molecule has 0 aliphatic carbocycles. The normalized spacial score (nSPS) is 14.2. The van der Waals surface area contributed by atoms with Crippen molar-refractivity contribution in [1.29, 1.82) is 0 Å². The highest BCUT2D eigenvalue weighted by molar-refractivity contribution is 7.09. The van der Waals surface area contributed by atoms with E-state index in [4.69, 9.17) is 10.6 Å². The molecule has 0 aliphatic rings. The molecular weight excluding hydrogens is 270 g/mol. The van der Waals surface area contributed by atoms with Gasteiger partial charge in [-0.15, -0.1) is 11.3 Å². The number of nitrogens with one attached hydrogen (secondary N) is 1. The molecule has 0 amide bonds. The summed E-state index contributed by atoms with van der Waals surface area (Å²) in [5, 5.41) is 3.15. The quantitative estimate of drug-likeness (QED) is 0.608. The largest absolute Gasteiger partial charge is 0.372 e. The first-order chi connectivity index (χ1) is 9.74. The van der Waals surface area contributed by atoms with Crippen LogP contribution in [0.1, 0.15) is 29.3 Å². The number of aromatic nitrogens is 1. The van der Waals surface area contributed by atoms with Crippen molar-refractivity contribution < 1.29 is 4.74 Å². The van der Waals surface area contributed by atoms with E-state index in [-0.39, 0.29) is 12.1 Å². The van der Waals surface area contributed by atoms with Gasteiger partial charge in [0.05, 0.1) is 22.8 Å². The van der Waals surface area contributed by atoms with E-state index in [2.05, 4.69) is 27.9 Å². The molecule has 108 valence electrons. The van der Waals surface area contributed by atoms with Crippen LogP contribution in [0.15, 0.2) is 35.7 Å². The van der Waals surface area contributed by atoms with Crippen LogP contribution in [0.25, 0.3) is 0 Å². The van der Waals surface area contributed by atoms with Gasteiger partial charge in [0, 0.05) is 18.4 Å². The van der Waals surface area contributed by atoms with Crippen LogP contribution in [-0.4, -0.2) is 17.6 Å². The Hall–Kier alpha value is -1.27. The van der Waals surface area contributed by atoms with E-state index in [1.165, 1.54) is 0 Å². The molecule has 0 saturated carbocycles. The van der Waals surface area contributed by atoms with Gasteiger partial charge in [0.15, 0.2) is 0 Å². The van der Waals surface area contributed by atoms with E-state index in [1.807, 2.05) is 32.0 Å². The van der Waals surface area contributed by atoms with Gasteiger partial charge >= 0.3 is 0 Å². The second-order valence-electron chi connectivity index (χ2n) is 4.62. The molecule has 20 heavy (non-hydrogen) atoms. The van der Waals surface area contributed by atoms with Crippen LogP contribution in [0.2, 0.25) is 0 Å². The minimum absolute atomic E-state index is 0.00106. The zero-order valence-electron chi connectivity index (χ0n) is 11.9. The standard InChI is InChI=1S/C15H21N3OS/c1-3-19-15(12-7-5-4-6-8-12)14(18-16)9-13-10-20-11(2)17-13/h4-8,10,14-15,18H,3,9,16H2,1-2H3. The Kier molecular flexibility index (Phi) is 5.67. The van der Waals surface area contributed by atoms with Crippen molar-refractivity contribution in [3.05, 3.63) is 52.0 Å². The molecule has 0 spiro atoms. The first-order valence-electron chi connectivity index (χ1n) is 6.78. The summed E-state index contributed by atoms with van der Waals surface area (Å²) in [6.45, 7) is 4.65. The van der Waals surface area contributed by atoms with E-state index < -0.39 is 0 Å². The Balaban J connectivity index is 2.17. The number of hydrogen-bond acceptors (Lipinski definition) is 5. The van der Waals surface area contributed by atoms with Gasteiger partial charge in [-0.25, -0.2) is 4.98 Å². The first-order valence-corrected chi connectivity index (χ1v) is 7.66. The summed E-state index contributed by atoms with van der Waals surface area (Å²) in [6.07, 6.45) is 0.675. The average molecular weight is 291 g/mol. The molecule has 0 saturated heterocycles. The summed E-state index contributed by atoms with van der Waals surface area (Å²) < 4.78 is 5.89. The highest BCUT2D eigenvalue weighted by Gasteiger charge is 2.23. The van der Waals surface area contributed by atoms with Gasteiger partial charge in [-0.1, -0.05) is 30.3 Å². The lowest BCUT2D eigenvalue weighted by molar-refractivity contribution is 0.0330. The number of aryl methyl sites for hydroxylation is 1. The van der Waals surface area contributed by atoms with Crippen molar-refractivity contribution in [2.75, 3.05) is 6.61 Å². The second-order valence-corrected chi connectivity index (χ2v) is 5.68. The van der Waals surface area contributed by atoms with Crippen LogP contribution in [-0.2, 0) is 11.2 Å². The Morgan fingerprint density at radius 3 is 2.65 bits per heavy atom. The Morgan fingerprint density at radius 2 is 2.10 bits per heavy atom. The van der Waals surface area contributed by atoms with Crippen LogP contribution < -0.4 is 11.3 Å². The topological polar surface area (TPSA) is 60.2 Å². The third-order valence-electron chi connectivity index (χ3n) is 3.15. The third-order valence-corrected chi connectivity index (χ3v) is 3.97. The minimum atomic E-state index is -0.0757. The van der Waals surface area contributed by atoms with E-state index in [0.29, 0.717) is 6.61 Å². The fraction of sp³-hybridized carbons (Fsp3) is 0.400. The lowest BCUT2D eigenvalue weighted by atomic mass is 9.99. The zero-order valence-corrected chi connectivity index (χ0v) is 12.7. The molecule has 4 nitrogen and oxygen atoms in total. The molecule has 2 aromatic rings. The van der Waals surface area contributed by atoms with Gasteiger partial charge in [0.2, 0.25) is 0 Å². The molecule has 3 N–H and O–H groups in total. The Bertz CT molecular complexity index is 515. The molecule has 0 radical (unpaired) electrons. The molecule has 2 rings (SSSR count). The van der Waals surface area contributed by atoms with Crippen molar-refractivity contribution in [2.45, 2.75) is 32.4 Å². The highest BCUT2D eigenvalue weighted by Crippen LogP contribution is 2.24. The summed E-state index contributed by atoms with van der Waals surface area (Å²) in [7, 11) is 0. The zero-order chi connectivity index (χ0) is 14.4. The number of rotatable bonds is 7. The van der Waals surface area contributed by atoms with Gasteiger partial charge in [-0.2, -0.15) is 0 Å². The minimum Gasteiger partial charge on any atom is -0.372 e. The van der Waals surface area contributed by atoms with Crippen LogP contribution in [0.3, 0.4) is 0 Å². The van der Waals surface area contributed by atoms with E-state index >= 15 is 0 Å². The van der Waals surface area contributed by atoms with E-state index in [1.54, 1.807) is 11.3 Å². The van der Waals surface area contributed by atoms with Crippen LogP contribution >= 0.6 is 11.3 Å². The first kappa shape index (κ1) is 15.1. The van der Waals surface area contributed by atoms with Gasteiger partial charge in [-0.05, 0) is 19.4 Å². The highest BCUT2D eigenvalue weighted by atomic mass is 32.1. The predicted molar refractivity (Wildman–Crippen MR) is 82.5 cm³/mol. The van der Waals surface area contributed by atoms with Gasteiger partial charge in [-0.3, -0.25) is 11.3 Å². The molecule has 0 aliphatic heterocycles. The van der Waals surface area contributed by atoms with Gasteiger partial charge in [0.25, 0.3) is 0 Å². The maximum atomic E-state index is 5.89. The van der Waals surface area contributed by atoms with E-state index in [9.17, 15) is 0 Å². The van der Waals surface area contributed by atoms with Gasteiger partial charge in [0.1, 0.15) is 0 Å². The average Bonchev–Trinajstić information content (AvgIpc) is 2.89. The molecule has 0 fully saturated rings. The maximum absolute atomic E-state index is 5.89. The summed E-state index contributed by atoms with van der Waals surface area (Å²) in [5.74, 6) is 5.74. The smallest absolute Gasteiger partial charge is 0.0994 e. The number of nitrogens with two attached hydrogens (primary N) is 1. The Morgan fingerprint density at radius 1 is 1.35 bits per heavy atom. The molecule has 1 heterocycles. The fourth-order valence-electron chi connectivity index (χ4n) is 2.25. The van der Waals surface area contributed by atoms with Crippen LogP contribution in [0.5, 0.6) is 0 Å². The SMILES string of the molecule is CCOC(c1ccccc1)C(Cc1csc(C)n1)NN. The summed E-state index contributed by atoms with van der Waals surface area (Å²) in [5.41, 5.74) is 5.06. The molecule has 2 atom stereocenters. The number of nitrogens with zero attached hydrogens (tertiary/aromatic N) is 1. The summed E-state index contributed by atoms with van der Waals surface area (Å²) >= 11 is 1.66. The summed E-state index contributed by atoms with van der Waals surface area (Å²) in [6, 6.07) is 10.2. The molecule has 2 unspecified atom stereocenters. The Labute approximate surface area is 124 Å². The molecule has 5 heteroatoms. The molecule has 1 aromatic carbocycles. The molecule has 0 bridgehead atoms.